The maximum absolute atomic E-state index is 4.01. The zero-order valence-electron chi connectivity index (χ0n) is 38.9. The van der Waals surface area contributed by atoms with E-state index in [1.807, 2.05) is 0 Å². The molecule has 0 aliphatic heterocycles. The summed E-state index contributed by atoms with van der Waals surface area (Å²) in [6.07, 6.45) is 16.0. The van der Waals surface area contributed by atoms with Crippen molar-refractivity contribution in [2.24, 2.45) is 0 Å². The van der Waals surface area contributed by atoms with Gasteiger partial charge in [-0.1, -0.05) is 0 Å². The molecular weight excluding hydrogens is 867 g/mol. The number of rotatable bonds is 9. The van der Waals surface area contributed by atoms with Crippen molar-refractivity contribution in [2.45, 2.75) is 167 Å². The summed E-state index contributed by atoms with van der Waals surface area (Å²) in [6.45, 7) is 33.5. The van der Waals surface area contributed by atoms with Gasteiger partial charge < -0.3 is 0 Å². The van der Waals surface area contributed by atoms with Crippen LogP contribution < -0.4 is 0 Å². The van der Waals surface area contributed by atoms with Crippen molar-refractivity contribution in [2.75, 3.05) is 0 Å². The van der Waals surface area contributed by atoms with Crippen LogP contribution in [0.15, 0.2) is 84.9 Å². The predicted octanol–water partition coefficient (Wildman–Crippen LogP) is 17.0. The van der Waals surface area contributed by atoms with Gasteiger partial charge >= 0.3 is 353 Å². The van der Waals surface area contributed by atoms with Gasteiger partial charge in [-0.05, 0) is 0 Å². The summed E-state index contributed by atoms with van der Waals surface area (Å²) in [4.78, 5) is 0. The van der Waals surface area contributed by atoms with Crippen LogP contribution in [0.5, 0.6) is 0 Å². The summed E-state index contributed by atoms with van der Waals surface area (Å²) in [5, 5.41) is 0. The number of allylic oxidation sites excluding steroid dienone is 2. The fourth-order valence-electron chi connectivity index (χ4n) is 9.96. The van der Waals surface area contributed by atoms with Crippen molar-refractivity contribution < 1.29 is 17.1 Å². The summed E-state index contributed by atoms with van der Waals surface area (Å²) < 4.78 is 6.90. The van der Waals surface area contributed by atoms with Crippen LogP contribution in [-0.2, 0) is 38.8 Å². The minimum absolute atomic E-state index is 0.0794. The van der Waals surface area contributed by atoms with E-state index in [0.29, 0.717) is 7.35 Å². The van der Waals surface area contributed by atoms with Crippen molar-refractivity contribution in [1.82, 2.24) is 0 Å². The van der Waals surface area contributed by atoms with Crippen molar-refractivity contribution in [3.8, 4) is 22.3 Å². The number of benzene rings is 4. The molecule has 4 aromatic carbocycles. The third-order valence-corrected chi connectivity index (χ3v) is 72.5. The van der Waals surface area contributed by atoms with E-state index in [-0.39, 0.29) is 21.7 Å². The van der Waals surface area contributed by atoms with Gasteiger partial charge in [-0.2, -0.15) is 0 Å². The van der Waals surface area contributed by atoms with E-state index in [0.717, 1.165) is 0 Å². The molecule has 2 heteroatoms. The Morgan fingerprint density at radius 2 is 0.877 bits per heavy atom. The predicted molar refractivity (Wildman–Crippen MR) is 254 cm³/mol. The van der Waals surface area contributed by atoms with Gasteiger partial charge in [0.15, 0.2) is 0 Å². The first-order valence-electron chi connectivity index (χ1n) is 22.3. The molecule has 0 bridgehead atoms. The molecule has 0 saturated carbocycles. The molecule has 0 heterocycles. The number of hydrogen-bond acceptors (Lipinski definition) is 0. The first kappa shape index (κ1) is 44.0. The second kappa shape index (κ2) is 15.5. The van der Waals surface area contributed by atoms with Gasteiger partial charge in [-0.25, -0.2) is 0 Å². The average molecular weight is 944 g/mol. The normalized spacial score (nSPS) is 17.3. The van der Waals surface area contributed by atoms with Crippen LogP contribution in [0.4, 0.5) is 0 Å². The van der Waals surface area contributed by atoms with Gasteiger partial charge in [0, 0.05) is 0 Å². The Hall–Kier alpha value is -2.55. The number of unbranched alkanes of at least 4 members (excludes halogenated alkanes) is 3. The molecule has 0 aromatic heterocycles. The van der Waals surface area contributed by atoms with Crippen molar-refractivity contribution in [3.05, 3.63) is 129 Å². The molecule has 2 aliphatic rings. The molecule has 0 nitrogen and oxygen atoms in total. The average Bonchev–Trinajstić information content (AvgIpc) is 3.78. The second-order valence-corrected chi connectivity index (χ2v) is 70.5. The van der Waals surface area contributed by atoms with Gasteiger partial charge in [0.25, 0.3) is 0 Å². The molecule has 57 heavy (non-hydrogen) atoms. The van der Waals surface area contributed by atoms with Gasteiger partial charge in [0.2, 0.25) is 0 Å². The zero-order valence-corrected chi connectivity index (χ0v) is 43.5. The SMILES string of the molecule is CCCCCC[Si](C)=[Hf]([CH3])([CH3])([CH]1C=Cc2c(-c3cc(C(C)(C)C)cc(C(C)(C)C)c3)cccc21)[CH]1C=Cc2c(-c3cc(C(C)(C)C)cc(C(C)(C)C)c3)cccc21. The summed E-state index contributed by atoms with van der Waals surface area (Å²) >= 11 is -4.01. The third kappa shape index (κ3) is 8.44. The van der Waals surface area contributed by atoms with E-state index in [9.17, 15) is 0 Å². The van der Waals surface area contributed by atoms with Gasteiger partial charge in [0.1, 0.15) is 0 Å². The first-order chi connectivity index (χ1) is 26.3. The van der Waals surface area contributed by atoms with Crippen molar-refractivity contribution in [3.63, 3.8) is 0 Å². The Balaban J connectivity index is 1.55. The molecule has 304 valence electrons. The van der Waals surface area contributed by atoms with E-state index >= 15 is 0 Å². The molecule has 0 saturated heterocycles. The Morgan fingerprint density at radius 3 is 1.21 bits per heavy atom. The molecule has 2 unspecified atom stereocenters. The van der Waals surface area contributed by atoms with E-state index < -0.39 is 22.6 Å². The van der Waals surface area contributed by atoms with Crippen LogP contribution in [0.25, 0.3) is 34.4 Å². The fraction of sp³-hybridized carbons (Fsp3) is 0.491. The van der Waals surface area contributed by atoms with Crippen molar-refractivity contribution >= 4 is 17.6 Å². The Labute approximate surface area is 350 Å². The maximum atomic E-state index is 2.93. The molecule has 0 radical (unpaired) electrons. The summed E-state index contributed by atoms with van der Waals surface area (Å²) in [5.74, 6) is 0. The molecule has 0 N–H and O–H groups in total. The van der Waals surface area contributed by atoms with Gasteiger partial charge in [-0.15, -0.1) is 0 Å². The van der Waals surface area contributed by atoms with Gasteiger partial charge in [-0.3, -0.25) is 0 Å². The van der Waals surface area contributed by atoms with E-state index in [1.54, 1.807) is 11.1 Å². The van der Waals surface area contributed by atoms with Crippen LogP contribution in [0, 0.1) is 0 Å². The Bertz CT molecular complexity index is 2080. The molecule has 6 rings (SSSR count). The molecule has 2 atom stereocenters. The minimum atomic E-state index is -4.01. The molecular formula is C55H76HfSi. The standard InChI is InChI=1S/2C23H27.C7H16Si.2CH3.Hf/c2*1-22(2,3)18-13-17(14-19(15-18)23(4,5)6)21-12-8-10-16-9-7-11-20(16)21;1-3-4-5-6-7-8-2;;;/h2*7-15H,1-6H3;3-7H2,1-2H3;2*1H3;. The van der Waals surface area contributed by atoms with E-state index in [4.69, 9.17) is 0 Å². The Kier molecular flexibility index (Phi) is 12.0. The zero-order chi connectivity index (χ0) is 42.0. The molecule has 0 spiro atoms. The summed E-state index contributed by atoms with van der Waals surface area (Å²) in [5.41, 5.74) is 17.1. The Morgan fingerprint density at radius 1 is 0.509 bits per heavy atom. The topological polar surface area (TPSA) is 0 Å². The second-order valence-electron chi connectivity index (χ2n) is 23.1. The summed E-state index contributed by atoms with van der Waals surface area (Å²) in [7, 11) is 0. The fourth-order valence-corrected chi connectivity index (χ4v) is 53.6. The monoisotopic (exact) mass is 945 g/mol. The van der Waals surface area contributed by atoms with Crippen LogP contribution in [-0.4, -0.2) is 5.49 Å². The van der Waals surface area contributed by atoms with Gasteiger partial charge in [0.05, 0.1) is 0 Å². The van der Waals surface area contributed by atoms with Crippen LogP contribution >= 0.6 is 0 Å². The first-order valence-corrected chi connectivity index (χ1v) is 41.3. The quantitative estimate of drug-likeness (QED) is 0.116. The number of fused-ring (bicyclic) bond motifs is 2. The van der Waals surface area contributed by atoms with E-state index in [2.05, 4.69) is 203 Å². The van der Waals surface area contributed by atoms with Crippen LogP contribution in [0.2, 0.25) is 22.0 Å². The van der Waals surface area contributed by atoms with Crippen molar-refractivity contribution in [1.29, 1.82) is 0 Å². The number of hydrogen-bond donors (Lipinski definition) is 0. The molecule has 2 aliphatic carbocycles. The summed E-state index contributed by atoms with van der Waals surface area (Å²) in [6, 6.07) is 31.0. The van der Waals surface area contributed by atoms with Crippen LogP contribution in [0.1, 0.15) is 168 Å². The molecule has 4 aromatic rings. The molecule has 0 amide bonds. The third-order valence-electron chi connectivity index (χ3n) is 14.5. The van der Waals surface area contributed by atoms with E-state index in [1.165, 1.54) is 87.4 Å². The van der Waals surface area contributed by atoms with Crippen LogP contribution in [0.3, 0.4) is 0 Å². The molecule has 0 fully saturated rings.